The molecule has 0 spiro atoms. The van der Waals surface area contributed by atoms with Crippen LogP contribution in [0.15, 0.2) is 29.8 Å². The smallest absolute Gasteiger partial charge is 0.0840 e. The first kappa shape index (κ1) is 11.3. The standard InChI is InChI=1S/C14H17NS/c1-4-10(2)12-5-7-13(8-6-12)14-11(3)16-9-15-14/h5-10H,4H2,1-3H3. The van der Waals surface area contributed by atoms with Crippen molar-refractivity contribution >= 4 is 11.3 Å². The first-order valence-corrected chi connectivity index (χ1v) is 6.60. The maximum absolute atomic E-state index is 4.40. The highest BCUT2D eigenvalue weighted by atomic mass is 32.1. The number of rotatable bonds is 3. The average molecular weight is 231 g/mol. The number of aryl methyl sites for hydroxylation is 1. The molecular weight excluding hydrogens is 214 g/mol. The minimum Gasteiger partial charge on any atom is -0.244 e. The van der Waals surface area contributed by atoms with Gasteiger partial charge in [-0.05, 0) is 24.8 Å². The average Bonchev–Trinajstić information content (AvgIpc) is 2.75. The minimum absolute atomic E-state index is 0.644. The highest BCUT2D eigenvalue weighted by Gasteiger charge is 2.06. The van der Waals surface area contributed by atoms with Crippen LogP contribution in [0.3, 0.4) is 0 Å². The molecule has 1 atom stereocenters. The molecule has 0 aliphatic rings. The Balaban J connectivity index is 2.30. The summed E-state index contributed by atoms with van der Waals surface area (Å²) >= 11 is 1.70. The fourth-order valence-corrected chi connectivity index (χ4v) is 2.39. The van der Waals surface area contributed by atoms with Gasteiger partial charge in [0.2, 0.25) is 0 Å². The van der Waals surface area contributed by atoms with Gasteiger partial charge in [0.1, 0.15) is 0 Å². The monoisotopic (exact) mass is 231 g/mol. The molecule has 1 heterocycles. The molecule has 0 aliphatic heterocycles. The van der Waals surface area contributed by atoms with E-state index in [-0.39, 0.29) is 0 Å². The number of hydrogen-bond donors (Lipinski definition) is 0. The van der Waals surface area contributed by atoms with E-state index in [1.54, 1.807) is 11.3 Å². The molecule has 1 aromatic heterocycles. The van der Waals surface area contributed by atoms with Crippen molar-refractivity contribution in [3.8, 4) is 11.3 Å². The third-order valence-electron chi connectivity index (χ3n) is 3.11. The van der Waals surface area contributed by atoms with Gasteiger partial charge in [-0.15, -0.1) is 11.3 Å². The molecule has 2 rings (SSSR count). The van der Waals surface area contributed by atoms with Crippen molar-refractivity contribution in [2.75, 3.05) is 0 Å². The molecule has 0 saturated heterocycles. The largest absolute Gasteiger partial charge is 0.244 e. The molecular formula is C14H17NS. The molecule has 1 nitrogen and oxygen atoms in total. The van der Waals surface area contributed by atoms with Crippen molar-refractivity contribution < 1.29 is 0 Å². The van der Waals surface area contributed by atoms with Gasteiger partial charge in [0, 0.05) is 10.4 Å². The first-order valence-electron chi connectivity index (χ1n) is 5.72. The van der Waals surface area contributed by atoms with E-state index in [2.05, 4.69) is 50.0 Å². The van der Waals surface area contributed by atoms with Gasteiger partial charge in [-0.1, -0.05) is 38.1 Å². The van der Waals surface area contributed by atoms with E-state index < -0.39 is 0 Å². The molecule has 0 saturated carbocycles. The Hall–Kier alpha value is -1.15. The highest BCUT2D eigenvalue weighted by Crippen LogP contribution is 2.26. The zero-order valence-corrected chi connectivity index (χ0v) is 10.8. The predicted octanol–water partition coefficient (Wildman–Crippen LogP) is 4.63. The van der Waals surface area contributed by atoms with Gasteiger partial charge in [-0.2, -0.15) is 0 Å². The van der Waals surface area contributed by atoms with Gasteiger partial charge in [0.25, 0.3) is 0 Å². The number of thiazole rings is 1. The Morgan fingerprint density at radius 2 is 1.94 bits per heavy atom. The molecule has 2 heteroatoms. The molecule has 1 unspecified atom stereocenters. The second-order valence-electron chi connectivity index (χ2n) is 4.19. The maximum Gasteiger partial charge on any atom is 0.0840 e. The van der Waals surface area contributed by atoms with E-state index in [4.69, 9.17) is 0 Å². The summed E-state index contributed by atoms with van der Waals surface area (Å²) in [6.07, 6.45) is 1.19. The van der Waals surface area contributed by atoms with Crippen molar-refractivity contribution in [1.82, 2.24) is 4.98 Å². The molecule has 1 aromatic carbocycles. The fourth-order valence-electron chi connectivity index (χ4n) is 1.79. The Morgan fingerprint density at radius 1 is 1.25 bits per heavy atom. The summed E-state index contributed by atoms with van der Waals surface area (Å²) in [7, 11) is 0. The summed E-state index contributed by atoms with van der Waals surface area (Å²) in [6, 6.07) is 8.82. The second-order valence-corrected chi connectivity index (χ2v) is 5.25. The van der Waals surface area contributed by atoms with Gasteiger partial charge in [0.15, 0.2) is 0 Å². The Kier molecular flexibility index (Phi) is 3.39. The predicted molar refractivity (Wildman–Crippen MR) is 71.0 cm³/mol. The fraction of sp³-hybridized carbons (Fsp3) is 0.357. The lowest BCUT2D eigenvalue weighted by Gasteiger charge is -2.09. The number of nitrogens with zero attached hydrogens (tertiary/aromatic N) is 1. The summed E-state index contributed by atoms with van der Waals surface area (Å²) < 4.78 is 0. The van der Waals surface area contributed by atoms with Crippen molar-refractivity contribution in [2.45, 2.75) is 33.1 Å². The van der Waals surface area contributed by atoms with E-state index in [1.807, 2.05) is 5.51 Å². The Labute approximate surface area is 101 Å². The molecule has 0 N–H and O–H groups in total. The molecule has 0 radical (unpaired) electrons. The van der Waals surface area contributed by atoms with Crippen LogP contribution in [0.2, 0.25) is 0 Å². The SMILES string of the molecule is CCC(C)c1ccc(-c2ncsc2C)cc1. The van der Waals surface area contributed by atoms with Crippen LogP contribution >= 0.6 is 11.3 Å². The lowest BCUT2D eigenvalue weighted by atomic mass is 9.97. The Bertz CT molecular complexity index is 456. The third kappa shape index (κ3) is 2.17. The van der Waals surface area contributed by atoms with Crippen LogP contribution in [0, 0.1) is 6.92 Å². The normalized spacial score (nSPS) is 12.7. The topological polar surface area (TPSA) is 12.9 Å². The quantitative estimate of drug-likeness (QED) is 0.750. The summed E-state index contributed by atoms with van der Waals surface area (Å²) in [5, 5.41) is 0. The lowest BCUT2D eigenvalue weighted by Crippen LogP contribution is -1.90. The van der Waals surface area contributed by atoms with Crippen molar-refractivity contribution in [3.05, 3.63) is 40.2 Å². The van der Waals surface area contributed by atoms with E-state index in [0.29, 0.717) is 5.92 Å². The van der Waals surface area contributed by atoms with Gasteiger partial charge in [0.05, 0.1) is 11.2 Å². The molecule has 0 amide bonds. The number of hydrogen-bond acceptors (Lipinski definition) is 2. The van der Waals surface area contributed by atoms with E-state index in [9.17, 15) is 0 Å². The van der Waals surface area contributed by atoms with E-state index in [1.165, 1.54) is 22.4 Å². The van der Waals surface area contributed by atoms with Gasteiger partial charge in [-0.25, -0.2) is 4.98 Å². The van der Waals surface area contributed by atoms with E-state index in [0.717, 1.165) is 5.69 Å². The second kappa shape index (κ2) is 4.79. The zero-order valence-electron chi connectivity index (χ0n) is 10.0. The Morgan fingerprint density at radius 3 is 2.44 bits per heavy atom. The first-order chi connectivity index (χ1) is 7.72. The van der Waals surface area contributed by atoms with Crippen LogP contribution in [0.5, 0.6) is 0 Å². The van der Waals surface area contributed by atoms with Crippen LogP contribution in [-0.4, -0.2) is 4.98 Å². The van der Waals surface area contributed by atoms with E-state index >= 15 is 0 Å². The third-order valence-corrected chi connectivity index (χ3v) is 3.87. The maximum atomic E-state index is 4.40. The summed E-state index contributed by atoms with van der Waals surface area (Å²) in [4.78, 5) is 5.69. The van der Waals surface area contributed by atoms with Crippen LogP contribution in [0.1, 0.15) is 36.6 Å². The molecule has 84 valence electrons. The van der Waals surface area contributed by atoms with Crippen molar-refractivity contribution in [3.63, 3.8) is 0 Å². The van der Waals surface area contributed by atoms with Gasteiger partial charge < -0.3 is 0 Å². The summed E-state index contributed by atoms with van der Waals surface area (Å²) in [5.74, 6) is 0.644. The van der Waals surface area contributed by atoms with Gasteiger partial charge >= 0.3 is 0 Å². The molecule has 0 bridgehead atoms. The van der Waals surface area contributed by atoms with Crippen LogP contribution in [-0.2, 0) is 0 Å². The highest BCUT2D eigenvalue weighted by molar-refractivity contribution is 7.10. The number of benzene rings is 1. The van der Waals surface area contributed by atoms with Crippen LogP contribution < -0.4 is 0 Å². The summed E-state index contributed by atoms with van der Waals surface area (Å²) in [6.45, 7) is 6.61. The lowest BCUT2D eigenvalue weighted by molar-refractivity contribution is 0.734. The van der Waals surface area contributed by atoms with Crippen molar-refractivity contribution in [2.24, 2.45) is 0 Å². The van der Waals surface area contributed by atoms with Crippen LogP contribution in [0.25, 0.3) is 11.3 Å². The molecule has 0 fully saturated rings. The zero-order chi connectivity index (χ0) is 11.5. The summed E-state index contributed by atoms with van der Waals surface area (Å²) in [5.41, 5.74) is 5.68. The van der Waals surface area contributed by atoms with Crippen molar-refractivity contribution in [1.29, 1.82) is 0 Å². The molecule has 0 aliphatic carbocycles. The van der Waals surface area contributed by atoms with Crippen LogP contribution in [0.4, 0.5) is 0 Å². The molecule has 2 aromatic rings. The number of aromatic nitrogens is 1. The molecule has 16 heavy (non-hydrogen) atoms. The minimum atomic E-state index is 0.644. The van der Waals surface area contributed by atoms with Gasteiger partial charge in [-0.3, -0.25) is 0 Å².